The average molecular weight is 549 g/mol. The average Bonchev–Trinajstić information content (AvgIpc) is 3.67. The molecule has 6 aromatic carbocycles. The Morgan fingerprint density at radius 2 is 1.10 bits per heavy atom. The summed E-state index contributed by atoms with van der Waals surface area (Å²) in [6.45, 7) is 0. The first-order valence-electron chi connectivity index (χ1n) is 17.6. The van der Waals surface area contributed by atoms with E-state index >= 15 is 0 Å². The van der Waals surface area contributed by atoms with E-state index in [0.717, 1.165) is 10.8 Å². The Balaban J connectivity index is 1.43. The molecule has 42 heavy (non-hydrogen) atoms. The molecule has 5 heteroatoms. The van der Waals surface area contributed by atoms with Crippen molar-refractivity contribution < 1.29 is 21.2 Å². The first kappa shape index (κ1) is 15.8. The van der Waals surface area contributed by atoms with Crippen LogP contribution < -0.4 is 0 Å². The summed E-state index contributed by atoms with van der Waals surface area (Å²) in [4.78, 5) is 14.5. The fraction of sp³-hybridized carbons (Fsp3) is 0. The Labute approximate surface area is 252 Å². The summed E-state index contributed by atoms with van der Waals surface area (Å²) in [7, 11) is 0. The zero-order valence-electron chi connectivity index (χ0n) is 30.6. The van der Waals surface area contributed by atoms with E-state index in [4.69, 9.17) is 36.1 Å². The predicted octanol–water partition coefficient (Wildman–Crippen LogP) is 9.82. The zero-order chi connectivity index (χ0) is 35.5. The second-order valence-electron chi connectivity index (χ2n) is 9.72. The maximum absolute atomic E-state index is 9.07. The molecule has 0 fully saturated rings. The van der Waals surface area contributed by atoms with Crippen molar-refractivity contribution in [3.8, 4) is 34.2 Å². The van der Waals surface area contributed by atoms with Crippen LogP contribution in [0.3, 0.4) is 0 Å². The summed E-state index contributed by atoms with van der Waals surface area (Å²) in [5, 5.41) is 2.98. The second kappa shape index (κ2) is 8.85. The third-order valence-electron chi connectivity index (χ3n) is 7.30. The van der Waals surface area contributed by atoms with Crippen molar-refractivity contribution in [1.29, 1.82) is 0 Å². The molecule has 0 amide bonds. The van der Waals surface area contributed by atoms with Crippen molar-refractivity contribution in [2.75, 3.05) is 0 Å². The summed E-state index contributed by atoms with van der Waals surface area (Å²) in [5.41, 5.74) is 1.12. The molecule has 3 heterocycles. The molecule has 0 radical (unpaired) electrons. The molecule has 0 aliphatic heterocycles. The summed E-state index contributed by atoms with van der Waals surface area (Å²) >= 11 is 0. The van der Waals surface area contributed by atoms with E-state index in [1.165, 1.54) is 30.3 Å². The van der Waals surface area contributed by atoms with Gasteiger partial charge >= 0.3 is 0 Å². The van der Waals surface area contributed by atoms with Crippen molar-refractivity contribution in [2.24, 2.45) is 0 Å². The molecule has 0 saturated heterocycles. The van der Waals surface area contributed by atoms with Gasteiger partial charge in [-0.15, -0.1) is 0 Å². The van der Waals surface area contributed by atoms with Gasteiger partial charge in [-0.2, -0.15) is 0 Å². The van der Waals surface area contributed by atoms with Crippen LogP contribution in [-0.2, 0) is 0 Å². The molecule has 9 aromatic rings. The molecule has 0 bridgehead atoms. The smallest absolute Gasteiger partial charge is 0.164 e. The first-order valence-corrected chi connectivity index (χ1v) is 13.1. The maximum Gasteiger partial charge on any atom is 0.164 e. The van der Waals surface area contributed by atoms with E-state index in [9.17, 15) is 0 Å². The molecule has 0 atom stereocenters. The van der Waals surface area contributed by atoms with Gasteiger partial charge in [-0.05, 0) is 41.0 Å². The Kier molecular flexibility index (Phi) is 3.34. The molecule has 9 rings (SSSR count). The monoisotopic (exact) mass is 548 g/mol. The predicted molar refractivity (Wildman–Crippen MR) is 168 cm³/mol. The number of benzene rings is 6. The van der Waals surface area contributed by atoms with Crippen molar-refractivity contribution in [1.82, 2.24) is 15.0 Å². The molecule has 0 spiro atoms. The summed E-state index contributed by atoms with van der Waals surface area (Å²) in [5.74, 6) is 0.157. The Bertz CT molecular complexity index is 2990. The van der Waals surface area contributed by atoms with E-state index in [-0.39, 0.29) is 121 Å². The molecule has 0 saturated carbocycles. The van der Waals surface area contributed by atoms with Gasteiger partial charge in [0.25, 0.3) is 0 Å². The van der Waals surface area contributed by atoms with Crippen LogP contribution in [0.2, 0.25) is 0 Å². The minimum Gasteiger partial charge on any atom is -0.456 e. The standard InChI is InChI=1S/C37H21N3O2/c1-2-10-23-21-24(20-19-22(23)9-1)35-38-36(27-13-7-17-31-33(27)25-11-3-5-15-29(25)41-31)40-37(39-35)28-14-8-18-32-34(28)26-12-4-6-16-30(26)42-32/h1-21H/i3D,4D,5D,13D,14D,15D,16D,17D,18D. The van der Waals surface area contributed by atoms with Gasteiger partial charge in [0.15, 0.2) is 17.5 Å². The number of aromatic nitrogens is 3. The largest absolute Gasteiger partial charge is 0.456 e. The number of nitrogens with zero attached hydrogens (tertiary/aromatic N) is 3. The molecular weight excluding hydrogens is 518 g/mol. The molecule has 0 aliphatic rings. The van der Waals surface area contributed by atoms with Crippen LogP contribution >= 0.6 is 0 Å². The number of rotatable bonds is 3. The topological polar surface area (TPSA) is 65.0 Å². The minimum atomic E-state index is -0.342. The van der Waals surface area contributed by atoms with Gasteiger partial charge < -0.3 is 8.83 Å². The van der Waals surface area contributed by atoms with Gasteiger partial charge in [0.2, 0.25) is 0 Å². The molecule has 5 nitrogen and oxygen atoms in total. The third-order valence-corrected chi connectivity index (χ3v) is 7.30. The van der Waals surface area contributed by atoms with Gasteiger partial charge in [0, 0.05) is 38.2 Å². The minimum absolute atomic E-state index is 0.00567. The number of hydrogen-bond donors (Lipinski definition) is 0. The maximum atomic E-state index is 9.07. The lowest BCUT2D eigenvalue weighted by Gasteiger charge is -2.10. The van der Waals surface area contributed by atoms with Crippen LogP contribution in [0, 0.1) is 0 Å². The number of furan rings is 2. The highest BCUT2D eigenvalue weighted by Crippen LogP contribution is 2.39. The first-order chi connectivity index (χ1) is 24.5. The van der Waals surface area contributed by atoms with E-state index < -0.39 is 0 Å². The van der Waals surface area contributed by atoms with Crippen LogP contribution in [0.1, 0.15) is 12.3 Å². The number of para-hydroxylation sites is 2. The van der Waals surface area contributed by atoms with Gasteiger partial charge in [-0.1, -0.05) is 96.9 Å². The summed E-state index contributed by atoms with van der Waals surface area (Å²) < 4.78 is 89.1. The van der Waals surface area contributed by atoms with Crippen LogP contribution in [0.5, 0.6) is 0 Å². The molecule has 0 N–H and O–H groups in total. The van der Waals surface area contributed by atoms with Crippen LogP contribution in [0.25, 0.3) is 88.8 Å². The van der Waals surface area contributed by atoms with Gasteiger partial charge in [-0.3, -0.25) is 0 Å². The molecule has 3 aromatic heterocycles. The van der Waals surface area contributed by atoms with Gasteiger partial charge in [-0.25, -0.2) is 15.0 Å². The zero-order valence-corrected chi connectivity index (χ0v) is 21.6. The lowest BCUT2D eigenvalue weighted by molar-refractivity contribution is 0.668. The van der Waals surface area contributed by atoms with Crippen molar-refractivity contribution in [3.63, 3.8) is 0 Å². The lowest BCUT2D eigenvalue weighted by Crippen LogP contribution is -2.00. The highest BCUT2D eigenvalue weighted by molar-refractivity contribution is 6.13. The second-order valence-corrected chi connectivity index (χ2v) is 9.72. The Hall–Kier alpha value is -5.81. The molecular formula is C37H21N3O2. The molecule has 0 unspecified atom stereocenters. The van der Waals surface area contributed by atoms with Gasteiger partial charge in [0.1, 0.15) is 22.3 Å². The van der Waals surface area contributed by atoms with Crippen molar-refractivity contribution in [3.05, 3.63) is 127 Å². The van der Waals surface area contributed by atoms with Crippen LogP contribution in [0.15, 0.2) is 136 Å². The Morgan fingerprint density at radius 1 is 0.476 bits per heavy atom. The summed E-state index contributed by atoms with van der Waals surface area (Å²) in [6, 6.07) is 18.8. The SMILES string of the molecule is [2H]c1cc([2H])c2oc3c([2H])cc([2H])c(-c4nc(-c5ccc6ccccc6c5)nc(-c5c([2H])cc([2H])c6oc7c([2H])c([2H])c([2H])cc7c56)n4)c3c2c1. The van der Waals surface area contributed by atoms with E-state index in [0.29, 0.717) is 10.9 Å². The molecule has 196 valence electrons. The van der Waals surface area contributed by atoms with Crippen LogP contribution in [0.4, 0.5) is 0 Å². The lowest BCUT2D eigenvalue weighted by atomic mass is 10.0. The summed E-state index contributed by atoms with van der Waals surface area (Å²) in [6.07, 6.45) is 0. The number of hydrogen-bond acceptors (Lipinski definition) is 5. The highest BCUT2D eigenvalue weighted by atomic mass is 16.3. The molecule has 0 aliphatic carbocycles. The highest BCUT2D eigenvalue weighted by Gasteiger charge is 2.20. The van der Waals surface area contributed by atoms with E-state index in [2.05, 4.69) is 0 Å². The van der Waals surface area contributed by atoms with Gasteiger partial charge in [0.05, 0.1) is 12.3 Å². The third kappa shape index (κ3) is 3.47. The quantitative estimate of drug-likeness (QED) is 0.220. The van der Waals surface area contributed by atoms with E-state index in [1.807, 2.05) is 42.5 Å². The fourth-order valence-corrected chi connectivity index (χ4v) is 5.40. The van der Waals surface area contributed by atoms with Crippen molar-refractivity contribution >= 4 is 54.6 Å². The normalized spacial score (nSPS) is 14.8. The van der Waals surface area contributed by atoms with Crippen molar-refractivity contribution in [2.45, 2.75) is 0 Å². The van der Waals surface area contributed by atoms with Crippen LogP contribution in [-0.4, -0.2) is 15.0 Å². The van der Waals surface area contributed by atoms with E-state index in [1.54, 1.807) is 0 Å². The fourth-order valence-electron chi connectivity index (χ4n) is 5.40. The number of fused-ring (bicyclic) bond motifs is 7. The Morgan fingerprint density at radius 3 is 1.83 bits per heavy atom.